The van der Waals surface area contributed by atoms with E-state index >= 15 is 0 Å². The first-order chi connectivity index (χ1) is 16.0. The Morgan fingerprint density at radius 1 is 0.912 bits per heavy atom. The van der Waals surface area contributed by atoms with Crippen molar-refractivity contribution in [2.45, 2.75) is 23.7 Å². The third-order valence-corrected chi connectivity index (χ3v) is 6.27. The van der Waals surface area contributed by atoms with Crippen LogP contribution in [0.15, 0.2) is 77.7 Å². The molecule has 178 valence electrons. The van der Waals surface area contributed by atoms with Crippen LogP contribution in [0.2, 0.25) is 0 Å². The highest BCUT2D eigenvalue weighted by Crippen LogP contribution is 2.31. The summed E-state index contributed by atoms with van der Waals surface area (Å²) in [5, 5.41) is 2.66. The molecule has 0 atom stereocenters. The van der Waals surface area contributed by atoms with Crippen molar-refractivity contribution in [2.75, 3.05) is 11.9 Å². The number of halogens is 3. The largest absolute Gasteiger partial charge is 0.501 e. The van der Waals surface area contributed by atoms with Crippen LogP contribution in [0.3, 0.4) is 0 Å². The zero-order valence-corrected chi connectivity index (χ0v) is 18.7. The Bertz CT molecular complexity index is 1320. The minimum absolute atomic E-state index is 0.0816. The minimum Gasteiger partial charge on any atom is -0.493 e. The highest BCUT2D eigenvalue weighted by molar-refractivity contribution is 7.92. The van der Waals surface area contributed by atoms with Crippen molar-refractivity contribution in [2.24, 2.45) is 0 Å². The molecule has 10 heteroatoms. The second-order valence-corrected chi connectivity index (χ2v) is 9.07. The molecule has 0 unspecified atom stereocenters. The van der Waals surface area contributed by atoms with Crippen LogP contribution >= 0.6 is 0 Å². The van der Waals surface area contributed by atoms with E-state index in [0.29, 0.717) is 12.4 Å². The van der Waals surface area contributed by atoms with Gasteiger partial charge in [0.25, 0.3) is 15.7 Å². The number of para-hydroxylation sites is 2. The van der Waals surface area contributed by atoms with Gasteiger partial charge in [-0.1, -0.05) is 36.4 Å². The number of sulfone groups is 1. The van der Waals surface area contributed by atoms with E-state index in [1.807, 2.05) is 0 Å². The van der Waals surface area contributed by atoms with Crippen LogP contribution in [0, 0.1) is 0 Å². The molecular formula is C24H20F3NO5S. The normalized spacial score (nSPS) is 11.6. The topological polar surface area (TPSA) is 89.5 Å². The van der Waals surface area contributed by atoms with E-state index in [1.54, 1.807) is 43.3 Å². The van der Waals surface area contributed by atoms with E-state index in [2.05, 4.69) is 5.32 Å². The van der Waals surface area contributed by atoms with E-state index in [-0.39, 0.29) is 28.8 Å². The fourth-order valence-electron chi connectivity index (χ4n) is 3.20. The maximum Gasteiger partial charge on any atom is 0.501 e. The zero-order valence-electron chi connectivity index (χ0n) is 17.9. The molecule has 0 aliphatic carbocycles. The number of benzene rings is 3. The first-order valence-corrected chi connectivity index (χ1v) is 11.6. The van der Waals surface area contributed by atoms with Gasteiger partial charge in [0.05, 0.1) is 22.8 Å². The molecule has 0 aromatic heterocycles. The van der Waals surface area contributed by atoms with E-state index < -0.39 is 31.9 Å². The Morgan fingerprint density at radius 3 is 2.24 bits per heavy atom. The second-order valence-electron chi connectivity index (χ2n) is 7.13. The van der Waals surface area contributed by atoms with Crippen LogP contribution in [-0.4, -0.2) is 32.2 Å². The van der Waals surface area contributed by atoms with Gasteiger partial charge in [0.15, 0.2) is 5.78 Å². The van der Waals surface area contributed by atoms with Gasteiger partial charge in [-0.3, -0.25) is 9.59 Å². The molecule has 0 heterocycles. The number of hydrogen-bond donors (Lipinski definition) is 1. The Labute approximate surface area is 194 Å². The summed E-state index contributed by atoms with van der Waals surface area (Å²) in [6, 6.07) is 16.9. The number of hydrogen-bond acceptors (Lipinski definition) is 5. The van der Waals surface area contributed by atoms with Gasteiger partial charge in [-0.05, 0) is 48.9 Å². The van der Waals surface area contributed by atoms with Gasteiger partial charge in [-0.2, -0.15) is 13.2 Å². The molecule has 0 saturated carbocycles. The van der Waals surface area contributed by atoms with E-state index in [4.69, 9.17) is 4.74 Å². The van der Waals surface area contributed by atoms with Crippen molar-refractivity contribution in [1.82, 2.24) is 0 Å². The van der Waals surface area contributed by atoms with Crippen LogP contribution in [0.4, 0.5) is 18.9 Å². The maximum atomic E-state index is 12.9. The number of carbonyl (C=O) groups excluding carboxylic acids is 2. The van der Waals surface area contributed by atoms with Gasteiger partial charge in [-0.25, -0.2) is 8.42 Å². The molecule has 3 rings (SSSR count). The minimum atomic E-state index is -5.54. The second kappa shape index (κ2) is 10.1. The number of rotatable bonds is 8. The van der Waals surface area contributed by atoms with Crippen molar-refractivity contribution < 1.29 is 35.9 Å². The summed E-state index contributed by atoms with van der Waals surface area (Å²) in [5.41, 5.74) is -4.80. The molecule has 0 radical (unpaired) electrons. The van der Waals surface area contributed by atoms with Crippen LogP contribution in [0.5, 0.6) is 5.75 Å². The maximum absolute atomic E-state index is 12.9. The summed E-state index contributed by atoms with van der Waals surface area (Å²) in [6.07, 6.45) is -0.371. The molecule has 34 heavy (non-hydrogen) atoms. The number of nitrogens with one attached hydrogen (secondary N) is 1. The number of anilines is 1. The fourth-order valence-corrected chi connectivity index (χ4v) is 4.03. The monoisotopic (exact) mass is 491 g/mol. The van der Waals surface area contributed by atoms with Gasteiger partial charge in [0, 0.05) is 12.0 Å². The number of amides is 1. The number of ether oxygens (including phenoxy) is 1. The Morgan fingerprint density at radius 2 is 1.56 bits per heavy atom. The van der Waals surface area contributed by atoms with Gasteiger partial charge < -0.3 is 10.1 Å². The third kappa shape index (κ3) is 5.45. The molecule has 0 aliphatic rings. The lowest BCUT2D eigenvalue weighted by Gasteiger charge is -2.13. The first-order valence-electron chi connectivity index (χ1n) is 10.1. The molecule has 0 aliphatic heterocycles. The van der Waals surface area contributed by atoms with Gasteiger partial charge in [0.1, 0.15) is 5.75 Å². The van der Waals surface area contributed by atoms with Crippen molar-refractivity contribution in [3.8, 4) is 5.75 Å². The lowest BCUT2D eigenvalue weighted by molar-refractivity contribution is -0.0436. The van der Waals surface area contributed by atoms with E-state index in [0.717, 1.165) is 18.2 Å². The van der Waals surface area contributed by atoms with Crippen LogP contribution in [-0.2, 0) is 16.3 Å². The van der Waals surface area contributed by atoms with E-state index in [1.165, 1.54) is 18.2 Å². The number of alkyl halides is 3. The van der Waals surface area contributed by atoms with Gasteiger partial charge >= 0.3 is 5.51 Å². The first kappa shape index (κ1) is 25.0. The lowest BCUT2D eigenvalue weighted by Crippen LogP contribution is -2.23. The van der Waals surface area contributed by atoms with E-state index in [9.17, 15) is 31.2 Å². The van der Waals surface area contributed by atoms with Crippen molar-refractivity contribution in [3.63, 3.8) is 0 Å². The average molecular weight is 491 g/mol. The summed E-state index contributed by atoms with van der Waals surface area (Å²) in [7, 11) is -5.54. The smallest absolute Gasteiger partial charge is 0.493 e. The lowest BCUT2D eigenvalue weighted by atomic mass is 10.0. The molecule has 1 N–H and O–H groups in total. The summed E-state index contributed by atoms with van der Waals surface area (Å²) in [6.45, 7) is 2.13. The standard InChI is InChI=1S/C24H20F3NO5S/c1-2-33-22-13-6-4-11-19(22)23(30)28-20-12-5-3-10-18(20)21(29)15-16-8-7-9-17(14-16)34(31,32)24(25,26)27/h3-14H,2,15H2,1H3,(H,28,30). The van der Waals surface area contributed by atoms with Gasteiger partial charge in [-0.15, -0.1) is 0 Å². The predicted molar refractivity (Wildman–Crippen MR) is 120 cm³/mol. The number of ketones is 1. The Kier molecular flexibility index (Phi) is 7.41. The molecule has 0 saturated heterocycles. The Hall–Kier alpha value is -3.66. The summed E-state index contributed by atoms with van der Waals surface area (Å²) >= 11 is 0. The molecule has 0 fully saturated rings. The van der Waals surface area contributed by atoms with Crippen molar-refractivity contribution in [1.29, 1.82) is 0 Å². The molecular weight excluding hydrogens is 471 g/mol. The average Bonchev–Trinajstić information content (AvgIpc) is 2.79. The molecule has 0 bridgehead atoms. The van der Waals surface area contributed by atoms with Crippen molar-refractivity contribution >= 4 is 27.2 Å². The molecule has 6 nitrogen and oxygen atoms in total. The van der Waals surface area contributed by atoms with Crippen molar-refractivity contribution in [3.05, 3.63) is 89.5 Å². The van der Waals surface area contributed by atoms with Crippen LogP contribution in [0.25, 0.3) is 0 Å². The predicted octanol–water partition coefficient (Wildman–Crippen LogP) is 5.06. The van der Waals surface area contributed by atoms with Gasteiger partial charge in [0.2, 0.25) is 0 Å². The Balaban J connectivity index is 1.85. The van der Waals surface area contributed by atoms with Crippen LogP contribution in [0.1, 0.15) is 33.2 Å². The van der Waals surface area contributed by atoms with Crippen LogP contribution < -0.4 is 10.1 Å². The summed E-state index contributed by atoms with van der Waals surface area (Å²) in [5.74, 6) is -0.660. The highest BCUT2D eigenvalue weighted by atomic mass is 32.2. The SMILES string of the molecule is CCOc1ccccc1C(=O)Nc1ccccc1C(=O)Cc1cccc(S(=O)(=O)C(F)(F)F)c1. The number of Topliss-reactive ketones (excluding diaryl/α,β-unsaturated/α-hetero) is 1. The molecule has 3 aromatic carbocycles. The fraction of sp³-hybridized carbons (Fsp3) is 0.167. The third-order valence-electron chi connectivity index (χ3n) is 4.79. The zero-order chi connectivity index (χ0) is 24.9. The quantitative estimate of drug-likeness (QED) is 0.445. The number of carbonyl (C=O) groups is 2. The summed E-state index contributed by atoms with van der Waals surface area (Å²) < 4.78 is 67.4. The molecule has 3 aromatic rings. The molecule has 1 amide bonds. The molecule has 0 spiro atoms. The summed E-state index contributed by atoms with van der Waals surface area (Å²) in [4.78, 5) is 24.8. The highest BCUT2D eigenvalue weighted by Gasteiger charge is 2.46.